The van der Waals surface area contributed by atoms with Gasteiger partial charge in [-0.1, -0.05) is 17.7 Å². The van der Waals surface area contributed by atoms with Gasteiger partial charge in [0.25, 0.3) is 11.8 Å². The van der Waals surface area contributed by atoms with Gasteiger partial charge in [-0.2, -0.15) is 0 Å². The van der Waals surface area contributed by atoms with Crippen molar-refractivity contribution in [1.82, 2.24) is 5.32 Å². The molecule has 0 aliphatic heterocycles. The molecule has 3 rings (SSSR count). The van der Waals surface area contributed by atoms with Crippen molar-refractivity contribution in [2.24, 2.45) is 0 Å². The van der Waals surface area contributed by atoms with Gasteiger partial charge in [-0.25, -0.2) is 4.39 Å². The number of halogens is 2. The van der Waals surface area contributed by atoms with Crippen LogP contribution in [0.1, 0.15) is 32.9 Å². The predicted molar refractivity (Wildman–Crippen MR) is 127 cm³/mol. The van der Waals surface area contributed by atoms with Gasteiger partial charge in [0.2, 0.25) is 5.91 Å². The van der Waals surface area contributed by atoms with Crippen LogP contribution in [0.15, 0.2) is 53.9 Å². The summed E-state index contributed by atoms with van der Waals surface area (Å²) in [5.41, 5.74) is 0.508. The molecule has 0 fully saturated rings. The fraction of sp³-hybridized carbons (Fsp3) is 0.174. The van der Waals surface area contributed by atoms with Crippen molar-refractivity contribution < 1.29 is 23.5 Å². The lowest BCUT2D eigenvalue weighted by atomic mass is 10.2. The zero-order valence-electron chi connectivity index (χ0n) is 17.6. The first-order chi connectivity index (χ1) is 15.9. The smallest absolute Gasteiger partial charge is 0.261 e. The van der Waals surface area contributed by atoms with Gasteiger partial charge in [0, 0.05) is 23.7 Å². The van der Waals surface area contributed by atoms with Crippen molar-refractivity contribution in [3.05, 3.63) is 75.2 Å². The van der Waals surface area contributed by atoms with Crippen LogP contribution < -0.4 is 20.7 Å². The number of benzene rings is 2. The van der Waals surface area contributed by atoms with E-state index < -0.39 is 11.7 Å². The second kappa shape index (κ2) is 11.4. The highest BCUT2D eigenvalue weighted by atomic mass is 35.5. The molecule has 172 valence electrons. The van der Waals surface area contributed by atoms with Crippen molar-refractivity contribution in [2.75, 3.05) is 24.3 Å². The van der Waals surface area contributed by atoms with Crippen LogP contribution in [0, 0.1) is 5.82 Å². The third-order valence-corrected chi connectivity index (χ3v) is 5.62. The molecule has 0 bridgehead atoms. The summed E-state index contributed by atoms with van der Waals surface area (Å²) in [6.45, 7) is 0.362. The number of nitrogens with one attached hydrogen (secondary N) is 3. The minimum absolute atomic E-state index is 0.168. The largest absolute Gasteiger partial charge is 0.495 e. The molecule has 0 saturated carbocycles. The van der Waals surface area contributed by atoms with Crippen molar-refractivity contribution in [2.45, 2.75) is 12.8 Å². The standard InChI is InChI=1S/C23H21ClFN3O4S/c1-32-19-9-7-15(13-18(19)28-22(30)16-8-6-14(24)12-17(16)25)27-21(29)5-2-10-26-23(31)20-4-3-11-33-20/h3-4,6-9,11-13H,2,5,10H2,1H3,(H,26,31)(H,27,29)(H,28,30). The van der Waals surface area contributed by atoms with Crippen LogP contribution in [0.2, 0.25) is 5.02 Å². The number of hydrogen-bond acceptors (Lipinski definition) is 5. The van der Waals surface area contributed by atoms with Crippen molar-refractivity contribution in [3.63, 3.8) is 0 Å². The second-order valence-corrected chi connectivity index (χ2v) is 8.26. The van der Waals surface area contributed by atoms with E-state index in [0.29, 0.717) is 29.3 Å². The first-order valence-electron chi connectivity index (χ1n) is 9.93. The molecular weight excluding hydrogens is 469 g/mol. The number of rotatable bonds is 9. The van der Waals surface area contributed by atoms with Crippen molar-refractivity contribution >= 4 is 52.0 Å². The molecule has 0 aliphatic rings. The number of carbonyl (C=O) groups is 3. The number of amides is 3. The second-order valence-electron chi connectivity index (χ2n) is 6.88. The Hall–Kier alpha value is -3.43. The summed E-state index contributed by atoms with van der Waals surface area (Å²) in [5.74, 6) is -1.53. The molecule has 0 saturated heterocycles. The topological polar surface area (TPSA) is 96.5 Å². The fourth-order valence-corrected chi connectivity index (χ4v) is 3.71. The third-order valence-electron chi connectivity index (χ3n) is 4.52. The molecule has 33 heavy (non-hydrogen) atoms. The number of carbonyl (C=O) groups excluding carboxylic acids is 3. The van der Waals surface area contributed by atoms with E-state index in [2.05, 4.69) is 16.0 Å². The van der Waals surface area contributed by atoms with Gasteiger partial charge in [0.1, 0.15) is 11.6 Å². The first kappa shape index (κ1) is 24.2. The Morgan fingerprint density at radius 1 is 1.06 bits per heavy atom. The number of anilines is 2. The van der Waals surface area contributed by atoms with E-state index in [-0.39, 0.29) is 34.5 Å². The average Bonchev–Trinajstić information content (AvgIpc) is 3.32. The highest BCUT2D eigenvalue weighted by Crippen LogP contribution is 2.29. The van der Waals surface area contributed by atoms with E-state index in [1.54, 1.807) is 24.3 Å². The number of thiophene rings is 1. The molecule has 0 atom stereocenters. The maximum Gasteiger partial charge on any atom is 0.261 e. The SMILES string of the molecule is COc1ccc(NC(=O)CCCNC(=O)c2cccs2)cc1NC(=O)c1ccc(Cl)cc1F. The Bertz CT molecular complexity index is 1150. The van der Waals surface area contributed by atoms with Crippen molar-refractivity contribution in [3.8, 4) is 5.75 Å². The molecule has 2 aromatic carbocycles. The summed E-state index contributed by atoms with van der Waals surface area (Å²) in [4.78, 5) is 37.3. The summed E-state index contributed by atoms with van der Waals surface area (Å²) < 4.78 is 19.3. The van der Waals surface area contributed by atoms with Gasteiger partial charge in [-0.05, 0) is 54.3 Å². The van der Waals surface area contributed by atoms with Crippen LogP contribution in [0.5, 0.6) is 5.75 Å². The average molecular weight is 490 g/mol. The molecule has 3 amide bonds. The van der Waals surface area contributed by atoms with Gasteiger partial charge < -0.3 is 20.7 Å². The maximum absolute atomic E-state index is 14.1. The third kappa shape index (κ3) is 6.77. The molecule has 3 N–H and O–H groups in total. The Morgan fingerprint density at radius 2 is 1.88 bits per heavy atom. The van der Waals surface area contributed by atoms with Gasteiger partial charge in [0.05, 0.1) is 23.2 Å². The zero-order chi connectivity index (χ0) is 23.8. The van der Waals surface area contributed by atoms with E-state index >= 15 is 0 Å². The lowest BCUT2D eigenvalue weighted by molar-refractivity contribution is -0.116. The number of methoxy groups -OCH3 is 1. The number of ether oxygens (including phenoxy) is 1. The lowest BCUT2D eigenvalue weighted by Crippen LogP contribution is -2.24. The van der Waals surface area contributed by atoms with Gasteiger partial charge in [-0.15, -0.1) is 11.3 Å². The number of hydrogen-bond donors (Lipinski definition) is 3. The molecular formula is C23H21ClFN3O4S. The Kier molecular flexibility index (Phi) is 8.39. The first-order valence-corrected chi connectivity index (χ1v) is 11.2. The molecule has 0 aliphatic carbocycles. The quantitative estimate of drug-likeness (QED) is 0.370. The maximum atomic E-state index is 14.1. The van der Waals surface area contributed by atoms with Crippen molar-refractivity contribution in [1.29, 1.82) is 0 Å². The minimum atomic E-state index is -0.755. The lowest BCUT2D eigenvalue weighted by Gasteiger charge is -2.13. The van der Waals surface area contributed by atoms with Crippen LogP contribution in [-0.2, 0) is 4.79 Å². The molecule has 7 nitrogen and oxygen atoms in total. The van der Waals surface area contributed by atoms with Crippen LogP contribution in [0.3, 0.4) is 0 Å². The molecule has 1 heterocycles. The monoisotopic (exact) mass is 489 g/mol. The van der Waals surface area contributed by atoms with Crippen LogP contribution in [0.4, 0.5) is 15.8 Å². The minimum Gasteiger partial charge on any atom is -0.495 e. The van der Waals surface area contributed by atoms with E-state index in [1.165, 1.54) is 36.6 Å². The summed E-state index contributed by atoms with van der Waals surface area (Å²) >= 11 is 7.08. The van der Waals surface area contributed by atoms with E-state index in [1.807, 2.05) is 5.38 Å². The highest BCUT2D eigenvalue weighted by molar-refractivity contribution is 7.12. The predicted octanol–water partition coefficient (Wildman–Crippen LogP) is 4.95. The summed E-state index contributed by atoms with van der Waals surface area (Å²) in [7, 11) is 1.43. The molecule has 0 unspecified atom stereocenters. The van der Waals surface area contributed by atoms with Gasteiger partial charge in [0.15, 0.2) is 0 Å². The Labute approximate surface area is 198 Å². The molecule has 0 radical (unpaired) electrons. The van der Waals surface area contributed by atoms with Crippen LogP contribution in [-0.4, -0.2) is 31.4 Å². The molecule has 10 heteroatoms. The molecule has 1 aromatic heterocycles. The van der Waals surface area contributed by atoms with Crippen LogP contribution in [0.25, 0.3) is 0 Å². The summed E-state index contributed by atoms with van der Waals surface area (Å²) in [6, 6.07) is 12.0. The van der Waals surface area contributed by atoms with Gasteiger partial charge >= 0.3 is 0 Å². The van der Waals surface area contributed by atoms with Crippen LogP contribution >= 0.6 is 22.9 Å². The van der Waals surface area contributed by atoms with E-state index in [4.69, 9.17) is 16.3 Å². The normalized spacial score (nSPS) is 10.4. The van der Waals surface area contributed by atoms with E-state index in [9.17, 15) is 18.8 Å². The highest BCUT2D eigenvalue weighted by Gasteiger charge is 2.15. The zero-order valence-corrected chi connectivity index (χ0v) is 19.2. The molecule has 3 aromatic rings. The van der Waals surface area contributed by atoms with E-state index in [0.717, 1.165) is 6.07 Å². The Morgan fingerprint density at radius 3 is 2.58 bits per heavy atom. The molecule has 0 spiro atoms. The fourth-order valence-electron chi connectivity index (χ4n) is 2.92. The Balaban J connectivity index is 1.56. The summed E-state index contributed by atoms with van der Waals surface area (Å²) in [5, 5.41) is 10.1. The summed E-state index contributed by atoms with van der Waals surface area (Å²) in [6.07, 6.45) is 0.646. The van der Waals surface area contributed by atoms with Gasteiger partial charge in [-0.3, -0.25) is 14.4 Å².